The van der Waals surface area contributed by atoms with Crippen LogP contribution in [0.25, 0.3) is 0 Å². The van der Waals surface area contributed by atoms with Gasteiger partial charge in [-0.3, -0.25) is 9.10 Å². The van der Waals surface area contributed by atoms with E-state index in [0.717, 1.165) is 21.2 Å². The van der Waals surface area contributed by atoms with Gasteiger partial charge in [0.25, 0.3) is 15.9 Å². The number of ether oxygens (including phenoxy) is 1. The fourth-order valence-electron chi connectivity index (χ4n) is 3.90. The molecule has 196 valence electrons. The molecule has 38 heavy (non-hydrogen) atoms. The third kappa shape index (κ3) is 7.02. The molecule has 0 aliphatic heterocycles. The van der Waals surface area contributed by atoms with Crippen molar-refractivity contribution in [3.8, 4) is 5.75 Å². The number of sulfonamides is 1. The van der Waals surface area contributed by atoms with E-state index in [1.165, 1.54) is 4.31 Å². The minimum absolute atomic E-state index is 0.160. The second kappa shape index (κ2) is 12.3. The third-order valence-electron chi connectivity index (χ3n) is 6.00. The van der Waals surface area contributed by atoms with Crippen LogP contribution in [0.1, 0.15) is 29.7 Å². The van der Waals surface area contributed by atoms with Gasteiger partial charge in [0.15, 0.2) is 6.61 Å². The lowest BCUT2D eigenvalue weighted by molar-refractivity contribution is -0.123. The Bertz CT molecular complexity index is 1480. The van der Waals surface area contributed by atoms with Crippen molar-refractivity contribution in [2.24, 2.45) is 0 Å². The molecule has 4 aromatic carbocycles. The van der Waals surface area contributed by atoms with E-state index >= 15 is 0 Å². The Kier molecular flexibility index (Phi) is 8.86. The fourth-order valence-corrected chi connectivity index (χ4v) is 5.77. The van der Waals surface area contributed by atoms with Crippen LogP contribution < -0.4 is 14.4 Å². The van der Waals surface area contributed by atoms with Gasteiger partial charge in [0, 0.05) is 4.47 Å². The highest BCUT2D eigenvalue weighted by atomic mass is 79.9. The Morgan fingerprint density at radius 1 is 0.921 bits per heavy atom. The molecule has 0 aliphatic carbocycles. The molecule has 0 heterocycles. The lowest BCUT2D eigenvalue weighted by atomic mass is 10.1. The third-order valence-corrected chi connectivity index (χ3v) is 8.28. The van der Waals surface area contributed by atoms with Gasteiger partial charge in [-0.2, -0.15) is 0 Å². The minimum Gasteiger partial charge on any atom is -0.484 e. The van der Waals surface area contributed by atoms with Crippen LogP contribution in [-0.2, 0) is 21.4 Å². The molecule has 0 bridgehead atoms. The van der Waals surface area contributed by atoms with Crippen molar-refractivity contribution in [3.63, 3.8) is 0 Å². The number of carbonyl (C=O) groups excluding carboxylic acids is 1. The second-order valence-electron chi connectivity index (χ2n) is 8.94. The molecule has 1 N–H and O–H groups in total. The number of hydrogen-bond acceptors (Lipinski definition) is 4. The molecular weight excluding hydrogens is 564 g/mol. The molecular formula is C30H29BrN2O4S. The highest BCUT2D eigenvalue weighted by Crippen LogP contribution is 2.28. The van der Waals surface area contributed by atoms with Crippen molar-refractivity contribution in [2.75, 3.05) is 10.9 Å². The summed E-state index contributed by atoms with van der Waals surface area (Å²) in [7, 11) is -3.83. The van der Waals surface area contributed by atoms with Gasteiger partial charge >= 0.3 is 0 Å². The lowest BCUT2D eigenvalue weighted by Crippen LogP contribution is -2.31. The summed E-state index contributed by atoms with van der Waals surface area (Å²) in [6.45, 7) is 3.84. The Balaban J connectivity index is 1.47. The molecule has 0 saturated carbocycles. The maximum Gasteiger partial charge on any atom is 0.264 e. The van der Waals surface area contributed by atoms with Crippen LogP contribution in [0, 0.1) is 6.92 Å². The molecule has 0 fully saturated rings. The Morgan fingerprint density at radius 3 is 2.26 bits per heavy atom. The zero-order chi connectivity index (χ0) is 27.1. The Labute approximate surface area is 232 Å². The first-order valence-corrected chi connectivity index (χ1v) is 14.4. The number of amides is 1. The summed E-state index contributed by atoms with van der Waals surface area (Å²) >= 11 is 3.44. The monoisotopic (exact) mass is 592 g/mol. The van der Waals surface area contributed by atoms with Crippen LogP contribution in [0.2, 0.25) is 0 Å². The van der Waals surface area contributed by atoms with Crippen LogP contribution in [0.5, 0.6) is 5.75 Å². The number of nitrogens with zero attached hydrogens (tertiary/aromatic N) is 1. The number of halogens is 1. The van der Waals surface area contributed by atoms with Crippen molar-refractivity contribution < 1.29 is 17.9 Å². The molecule has 1 atom stereocenters. The Morgan fingerprint density at radius 2 is 1.61 bits per heavy atom. The zero-order valence-corrected chi connectivity index (χ0v) is 23.6. The van der Waals surface area contributed by atoms with Gasteiger partial charge in [-0.25, -0.2) is 8.42 Å². The predicted octanol–water partition coefficient (Wildman–Crippen LogP) is 6.41. The van der Waals surface area contributed by atoms with Gasteiger partial charge in [0.2, 0.25) is 0 Å². The average Bonchev–Trinajstić information content (AvgIpc) is 2.92. The molecule has 0 unspecified atom stereocenters. The summed E-state index contributed by atoms with van der Waals surface area (Å²) in [6, 6.07) is 30.5. The van der Waals surface area contributed by atoms with Gasteiger partial charge in [0.05, 0.1) is 23.2 Å². The first-order valence-electron chi connectivity index (χ1n) is 12.1. The van der Waals surface area contributed by atoms with Crippen molar-refractivity contribution >= 4 is 37.5 Å². The standard InChI is InChI=1S/C30H29BrN2O4S/c1-22-11-17-29(18-12-22)38(35,36)33(20-24-7-4-3-5-8-24)27-13-15-28(16-14-27)37-21-30(34)32-23(2)25-9-6-10-26(31)19-25/h3-19,23H,20-21H2,1-2H3,(H,32,34)/t23-/m0/s1. The number of nitrogens with one attached hydrogen (secondary N) is 1. The minimum atomic E-state index is -3.83. The molecule has 0 radical (unpaired) electrons. The van der Waals surface area contributed by atoms with E-state index < -0.39 is 10.0 Å². The van der Waals surface area contributed by atoms with Crippen molar-refractivity contribution in [3.05, 3.63) is 124 Å². The molecule has 8 heteroatoms. The summed E-state index contributed by atoms with van der Waals surface area (Å²) in [5.41, 5.74) is 3.31. The summed E-state index contributed by atoms with van der Waals surface area (Å²) in [5, 5.41) is 2.92. The Hall–Kier alpha value is -3.62. The summed E-state index contributed by atoms with van der Waals surface area (Å²) < 4.78 is 35.3. The number of hydrogen-bond donors (Lipinski definition) is 1. The number of aryl methyl sites for hydroxylation is 1. The van der Waals surface area contributed by atoms with Crippen LogP contribution in [0.15, 0.2) is 112 Å². The van der Waals surface area contributed by atoms with Crippen LogP contribution in [0.4, 0.5) is 5.69 Å². The van der Waals surface area contributed by atoms with Crippen LogP contribution in [0.3, 0.4) is 0 Å². The van der Waals surface area contributed by atoms with Gasteiger partial charge in [0.1, 0.15) is 5.75 Å². The molecule has 0 saturated heterocycles. The topological polar surface area (TPSA) is 75.7 Å². The normalized spacial score (nSPS) is 12.0. The first-order chi connectivity index (χ1) is 18.2. The molecule has 6 nitrogen and oxygen atoms in total. The molecule has 0 spiro atoms. The second-order valence-corrected chi connectivity index (χ2v) is 11.7. The van der Waals surface area contributed by atoms with E-state index in [2.05, 4.69) is 21.2 Å². The maximum atomic E-state index is 13.6. The van der Waals surface area contributed by atoms with E-state index in [1.54, 1.807) is 48.5 Å². The highest BCUT2D eigenvalue weighted by Gasteiger charge is 2.25. The number of carbonyl (C=O) groups is 1. The van der Waals surface area contributed by atoms with Gasteiger partial charge in [-0.05, 0) is 73.5 Å². The molecule has 4 rings (SSSR count). The lowest BCUT2D eigenvalue weighted by Gasteiger charge is -2.25. The smallest absolute Gasteiger partial charge is 0.264 e. The molecule has 0 aromatic heterocycles. The van der Waals surface area contributed by atoms with Crippen molar-refractivity contribution in [1.29, 1.82) is 0 Å². The number of benzene rings is 4. The molecule has 0 aliphatic rings. The van der Waals surface area contributed by atoms with Crippen LogP contribution >= 0.6 is 15.9 Å². The zero-order valence-electron chi connectivity index (χ0n) is 21.2. The summed E-state index contributed by atoms with van der Waals surface area (Å²) in [5.74, 6) is 0.209. The quantitative estimate of drug-likeness (QED) is 0.231. The van der Waals surface area contributed by atoms with E-state index in [-0.39, 0.29) is 30.0 Å². The summed E-state index contributed by atoms with van der Waals surface area (Å²) in [4.78, 5) is 12.7. The van der Waals surface area contributed by atoms with E-state index in [0.29, 0.717) is 11.4 Å². The molecule has 4 aromatic rings. The number of rotatable bonds is 10. The summed E-state index contributed by atoms with van der Waals surface area (Å²) in [6.07, 6.45) is 0. The SMILES string of the molecule is Cc1ccc(S(=O)(=O)N(Cc2ccccc2)c2ccc(OCC(=O)N[C@@H](C)c3cccc(Br)c3)cc2)cc1. The van der Waals surface area contributed by atoms with E-state index in [4.69, 9.17) is 4.74 Å². The molecule has 1 amide bonds. The van der Waals surface area contributed by atoms with Gasteiger partial charge in [-0.15, -0.1) is 0 Å². The van der Waals surface area contributed by atoms with Gasteiger partial charge < -0.3 is 10.1 Å². The largest absolute Gasteiger partial charge is 0.484 e. The highest BCUT2D eigenvalue weighted by molar-refractivity contribution is 9.10. The van der Waals surface area contributed by atoms with E-state index in [9.17, 15) is 13.2 Å². The maximum absolute atomic E-state index is 13.6. The number of anilines is 1. The van der Waals surface area contributed by atoms with Crippen molar-refractivity contribution in [1.82, 2.24) is 5.32 Å². The first kappa shape index (κ1) is 27.4. The van der Waals surface area contributed by atoms with Crippen molar-refractivity contribution in [2.45, 2.75) is 31.3 Å². The van der Waals surface area contributed by atoms with Crippen LogP contribution in [-0.4, -0.2) is 20.9 Å². The van der Waals surface area contributed by atoms with Gasteiger partial charge in [-0.1, -0.05) is 76.1 Å². The average molecular weight is 594 g/mol. The van der Waals surface area contributed by atoms with E-state index in [1.807, 2.05) is 68.4 Å². The predicted molar refractivity (Wildman–Crippen MR) is 154 cm³/mol. The fraction of sp³-hybridized carbons (Fsp3) is 0.167.